The van der Waals surface area contributed by atoms with Crippen molar-refractivity contribution < 1.29 is 4.74 Å². The summed E-state index contributed by atoms with van der Waals surface area (Å²) in [4.78, 5) is 0. The Morgan fingerprint density at radius 3 is 2.74 bits per heavy atom. The molecule has 4 heteroatoms. The molecule has 0 saturated carbocycles. The fourth-order valence-electron chi connectivity index (χ4n) is 2.23. The molecule has 0 aliphatic carbocycles. The van der Waals surface area contributed by atoms with Crippen molar-refractivity contribution >= 4 is 0 Å². The van der Waals surface area contributed by atoms with Gasteiger partial charge in [-0.3, -0.25) is 0 Å². The van der Waals surface area contributed by atoms with Crippen LogP contribution in [0, 0.1) is 6.92 Å². The van der Waals surface area contributed by atoms with Crippen LogP contribution in [0.4, 0.5) is 0 Å². The largest absolute Gasteiger partial charge is 0.385 e. The standard InChI is InChI=1S/C15H27N3O/c1-5-9-16-15(8-7-10-19-4)13-11-12(3)17-18-14(13)6-2/h11,15-16H,5-10H2,1-4H3. The normalized spacial score (nSPS) is 12.6. The second-order valence-electron chi connectivity index (χ2n) is 4.88. The van der Waals surface area contributed by atoms with E-state index in [1.807, 2.05) is 6.92 Å². The Bertz CT molecular complexity index is 368. The Morgan fingerprint density at radius 1 is 1.32 bits per heavy atom. The van der Waals surface area contributed by atoms with E-state index in [0.29, 0.717) is 6.04 Å². The molecule has 0 radical (unpaired) electrons. The molecule has 1 aromatic rings. The summed E-state index contributed by atoms with van der Waals surface area (Å²) in [5.74, 6) is 0. The highest BCUT2D eigenvalue weighted by molar-refractivity contribution is 5.24. The molecule has 0 aromatic carbocycles. The number of aromatic nitrogens is 2. The van der Waals surface area contributed by atoms with Crippen LogP contribution >= 0.6 is 0 Å². The van der Waals surface area contributed by atoms with E-state index in [1.54, 1.807) is 7.11 Å². The summed E-state index contributed by atoms with van der Waals surface area (Å²) in [7, 11) is 1.75. The molecule has 0 bridgehead atoms. The van der Waals surface area contributed by atoms with Gasteiger partial charge >= 0.3 is 0 Å². The Morgan fingerprint density at radius 2 is 2.11 bits per heavy atom. The van der Waals surface area contributed by atoms with Gasteiger partial charge in [-0.25, -0.2) is 0 Å². The van der Waals surface area contributed by atoms with E-state index in [0.717, 1.165) is 50.2 Å². The molecule has 0 aliphatic heterocycles. The third-order valence-corrected chi connectivity index (χ3v) is 3.22. The van der Waals surface area contributed by atoms with Crippen LogP contribution in [0.3, 0.4) is 0 Å². The second kappa shape index (κ2) is 8.99. The summed E-state index contributed by atoms with van der Waals surface area (Å²) in [6, 6.07) is 2.53. The minimum absolute atomic E-state index is 0.360. The van der Waals surface area contributed by atoms with Crippen molar-refractivity contribution in [2.45, 2.75) is 52.5 Å². The highest BCUT2D eigenvalue weighted by Crippen LogP contribution is 2.22. The van der Waals surface area contributed by atoms with Crippen LogP contribution in [0.15, 0.2) is 6.07 Å². The lowest BCUT2D eigenvalue weighted by atomic mass is 9.99. The maximum atomic E-state index is 5.16. The van der Waals surface area contributed by atoms with Gasteiger partial charge in [0, 0.05) is 19.8 Å². The topological polar surface area (TPSA) is 47.0 Å². The van der Waals surface area contributed by atoms with Crippen molar-refractivity contribution in [1.82, 2.24) is 15.5 Å². The molecule has 1 unspecified atom stereocenters. The van der Waals surface area contributed by atoms with Crippen molar-refractivity contribution in [2.24, 2.45) is 0 Å². The van der Waals surface area contributed by atoms with Gasteiger partial charge in [0.25, 0.3) is 0 Å². The summed E-state index contributed by atoms with van der Waals surface area (Å²) in [6.45, 7) is 8.16. The van der Waals surface area contributed by atoms with Gasteiger partial charge in [-0.15, -0.1) is 0 Å². The molecule has 1 N–H and O–H groups in total. The van der Waals surface area contributed by atoms with Crippen LogP contribution in [0.2, 0.25) is 0 Å². The minimum atomic E-state index is 0.360. The number of nitrogens with one attached hydrogen (secondary N) is 1. The van der Waals surface area contributed by atoms with Gasteiger partial charge in [0.1, 0.15) is 0 Å². The first-order valence-corrected chi connectivity index (χ1v) is 7.28. The number of methoxy groups -OCH3 is 1. The quantitative estimate of drug-likeness (QED) is 0.697. The lowest BCUT2D eigenvalue weighted by molar-refractivity contribution is 0.188. The molecule has 0 amide bonds. The average molecular weight is 265 g/mol. The van der Waals surface area contributed by atoms with Gasteiger partial charge < -0.3 is 10.1 Å². The molecule has 0 aliphatic rings. The number of hydrogen-bond acceptors (Lipinski definition) is 4. The van der Waals surface area contributed by atoms with Gasteiger partial charge in [-0.2, -0.15) is 10.2 Å². The zero-order valence-corrected chi connectivity index (χ0v) is 12.7. The SMILES string of the molecule is CCCNC(CCCOC)c1cc(C)nnc1CC. The summed E-state index contributed by atoms with van der Waals surface area (Å²) in [5.41, 5.74) is 3.40. The Labute approximate surface area is 117 Å². The zero-order chi connectivity index (χ0) is 14.1. The Balaban J connectivity index is 2.84. The van der Waals surface area contributed by atoms with Gasteiger partial charge in [-0.1, -0.05) is 13.8 Å². The highest BCUT2D eigenvalue weighted by atomic mass is 16.5. The Kier molecular flexibility index (Phi) is 7.60. The number of ether oxygens (including phenoxy) is 1. The van der Waals surface area contributed by atoms with E-state index in [2.05, 4.69) is 35.4 Å². The first-order chi connectivity index (χ1) is 9.22. The molecule has 108 valence electrons. The van der Waals surface area contributed by atoms with E-state index in [1.165, 1.54) is 5.56 Å². The minimum Gasteiger partial charge on any atom is -0.385 e. The van der Waals surface area contributed by atoms with Crippen molar-refractivity contribution in [3.8, 4) is 0 Å². The van der Waals surface area contributed by atoms with E-state index in [9.17, 15) is 0 Å². The number of rotatable bonds is 9. The van der Waals surface area contributed by atoms with Gasteiger partial charge in [0.2, 0.25) is 0 Å². The van der Waals surface area contributed by atoms with Crippen molar-refractivity contribution in [1.29, 1.82) is 0 Å². The molecule has 0 spiro atoms. The lowest BCUT2D eigenvalue weighted by Crippen LogP contribution is -2.24. The summed E-state index contributed by atoms with van der Waals surface area (Å²) in [6.07, 6.45) is 4.20. The van der Waals surface area contributed by atoms with Crippen LogP contribution in [0.25, 0.3) is 0 Å². The summed E-state index contributed by atoms with van der Waals surface area (Å²) < 4.78 is 5.16. The van der Waals surface area contributed by atoms with Crippen LogP contribution in [0.1, 0.15) is 56.1 Å². The first kappa shape index (κ1) is 16.1. The van der Waals surface area contributed by atoms with E-state index in [4.69, 9.17) is 4.74 Å². The predicted octanol–water partition coefficient (Wildman–Crippen LogP) is 2.81. The average Bonchev–Trinajstić information content (AvgIpc) is 2.42. The number of nitrogens with zero attached hydrogens (tertiary/aromatic N) is 2. The third kappa shape index (κ3) is 5.25. The molecular weight excluding hydrogens is 238 g/mol. The van der Waals surface area contributed by atoms with Crippen LogP contribution < -0.4 is 5.32 Å². The molecular formula is C15H27N3O. The Hall–Kier alpha value is -1.00. The molecule has 19 heavy (non-hydrogen) atoms. The number of hydrogen-bond donors (Lipinski definition) is 1. The molecule has 0 fully saturated rings. The van der Waals surface area contributed by atoms with Crippen LogP contribution in [-0.2, 0) is 11.2 Å². The van der Waals surface area contributed by atoms with Crippen LogP contribution in [0.5, 0.6) is 0 Å². The molecule has 1 aromatic heterocycles. The zero-order valence-electron chi connectivity index (χ0n) is 12.7. The van der Waals surface area contributed by atoms with E-state index < -0.39 is 0 Å². The predicted molar refractivity (Wildman–Crippen MR) is 78.3 cm³/mol. The maximum absolute atomic E-state index is 5.16. The van der Waals surface area contributed by atoms with Gasteiger partial charge in [0.15, 0.2) is 0 Å². The van der Waals surface area contributed by atoms with Gasteiger partial charge in [-0.05, 0) is 50.8 Å². The molecule has 4 nitrogen and oxygen atoms in total. The first-order valence-electron chi connectivity index (χ1n) is 7.28. The molecule has 0 saturated heterocycles. The van der Waals surface area contributed by atoms with Crippen molar-refractivity contribution in [2.75, 3.05) is 20.3 Å². The van der Waals surface area contributed by atoms with Crippen molar-refractivity contribution in [3.63, 3.8) is 0 Å². The number of aryl methyl sites for hydroxylation is 2. The summed E-state index contributed by atoms with van der Waals surface area (Å²) >= 11 is 0. The molecule has 1 atom stereocenters. The van der Waals surface area contributed by atoms with Crippen molar-refractivity contribution in [3.05, 3.63) is 23.0 Å². The molecule has 1 rings (SSSR count). The monoisotopic (exact) mass is 265 g/mol. The smallest absolute Gasteiger partial charge is 0.0676 e. The lowest BCUT2D eigenvalue weighted by Gasteiger charge is -2.21. The van der Waals surface area contributed by atoms with E-state index >= 15 is 0 Å². The third-order valence-electron chi connectivity index (χ3n) is 3.22. The summed E-state index contributed by atoms with van der Waals surface area (Å²) in [5, 5.41) is 12.1. The fourth-order valence-corrected chi connectivity index (χ4v) is 2.23. The highest BCUT2D eigenvalue weighted by Gasteiger charge is 2.15. The maximum Gasteiger partial charge on any atom is 0.0676 e. The van der Waals surface area contributed by atoms with Gasteiger partial charge in [0.05, 0.1) is 11.4 Å². The molecule has 1 heterocycles. The van der Waals surface area contributed by atoms with E-state index in [-0.39, 0.29) is 0 Å². The fraction of sp³-hybridized carbons (Fsp3) is 0.733. The van der Waals surface area contributed by atoms with Crippen LogP contribution in [-0.4, -0.2) is 30.5 Å². The second-order valence-corrected chi connectivity index (χ2v) is 4.88.